The second-order valence-electron chi connectivity index (χ2n) is 6.61. The second kappa shape index (κ2) is 6.18. The molecule has 0 spiro atoms. The summed E-state index contributed by atoms with van der Waals surface area (Å²) in [5, 5.41) is 0. The summed E-state index contributed by atoms with van der Waals surface area (Å²) < 4.78 is 0. The highest BCUT2D eigenvalue weighted by atomic mass is 16.2. The van der Waals surface area contributed by atoms with E-state index in [1.807, 2.05) is 9.80 Å². The number of aromatic amines is 1. The Balaban J connectivity index is 1.76. The van der Waals surface area contributed by atoms with Crippen LogP contribution in [0.4, 0.5) is 0 Å². The zero-order chi connectivity index (χ0) is 16.6. The first-order valence-corrected chi connectivity index (χ1v) is 8.25. The summed E-state index contributed by atoms with van der Waals surface area (Å²) in [6, 6.07) is 3.47. The number of likely N-dealkylation sites (tertiary alicyclic amines) is 1. The van der Waals surface area contributed by atoms with Crippen LogP contribution in [-0.2, 0) is 4.79 Å². The standard InChI is InChI=1S/C17H23N3O3/c1-11-8-13(9-16(22)18-11)17(23)19-7-3-4-15(19)10-20(12(2)21)14-5-6-14/h8-9,14-15H,3-7,10H2,1-2H3,(H,18,22). The highest BCUT2D eigenvalue weighted by Crippen LogP contribution is 2.29. The van der Waals surface area contributed by atoms with Gasteiger partial charge in [0.1, 0.15) is 0 Å². The van der Waals surface area contributed by atoms with Crippen LogP contribution in [0, 0.1) is 6.92 Å². The zero-order valence-corrected chi connectivity index (χ0v) is 13.7. The molecular formula is C17H23N3O3. The number of nitrogens with zero attached hydrogens (tertiary/aromatic N) is 2. The minimum atomic E-state index is -0.257. The van der Waals surface area contributed by atoms with Crippen LogP contribution < -0.4 is 5.56 Å². The maximum absolute atomic E-state index is 12.8. The fourth-order valence-electron chi connectivity index (χ4n) is 3.41. The molecule has 1 aliphatic heterocycles. The number of carbonyl (C=O) groups excluding carboxylic acids is 2. The van der Waals surface area contributed by atoms with E-state index in [2.05, 4.69) is 4.98 Å². The molecule has 2 fully saturated rings. The van der Waals surface area contributed by atoms with Crippen molar-refractivity contribution in [2.24, 2.45) is 0 Å². The molecule has 1 atom stereocenters. The number of hydrogen-bond donors (Lipinski definition) is 1. The predicted octanol–water partition coefficient (Wildman–Crippen LogP) is 1.30. The van der Waals surface area contributed by atoms with E-state index in [1.165, 1.54) is 6.07 Å². The molecule has 1 unspecified atom stereocenters. The number of amides is 2. The topological polar surface area (TPSA) is 73.5 Å². The number of nitrogens with one attached hydrogen (secondary N) is 1. The van der Waals surface area contributed by atoms with Crippen molar-refractivity contribution >= 4 is 11.8 Å². The van der Waals surface area contributed by atoms with Gasteiger partial charge in [0, 0.05) is 49.4 Å². The molecule has 1 N–H and O–H groups in total. The van der Waals surface area contributed by atoms with Crippen molar-refractivity contribution in [3.63, 3.8) is 0 Å². The second-order valence-corrected chi connectivity index (χ2v) is 6.61. The van der Waals surface area contributed by atoms with Gasteiger partial charge in [-0.2, -0.15) is 0 Å². The van der Waals surface area contributed by atoms with Gasteiger partial charge >= 0.3 is 0 Å². The van der Waals surface area contributed by atoms with E-state index in [9.17, 15) is 14.4 Å². The van der Waals surface area contributed by atoms with E-state index in [-0.39, 0.29) is 23.4 Å². The van der Waals surface area contributed by atoms with Gasteiger partial charge in [-0.1, -0.05) is 0 Å². The van der Waals surface area contributed by atoms with Crippen LogP contribution in [0.5, 0.6) is 0 Å². The van der Waals surface area contributed by atoms with Crippen LogP contribution in [0.1, 0.15) is 48.7 Å². The lowest BCUT2D eigenvalue weighted by molar-refractivity contribution is -0.130. The molecule has 2 amide bonds. The lowest BCUT2D eigenvalue weighted by Gasteiger charge is -2.30. The Kier molecular flexibility index (Phi) is 4.24. The number of hydrogen-bond acceptors (Lipinski definition) is 3. The molecule has 23 heavy (non-hydrogen) atoms. The van der Waals surface area contributed by atoms with Crippen LogP contribution in [0.3, 0.4) is 0 Å². The highest BCUT2D eigenvalue weighted by molar-refractivity contribution is 5.94. The Morgan fingerprint density at radius 2 is 2.04 bits per heavy atom. The van der Waals surface area contributed by atoms with E-state index >= 15 is 0 Å². The summed E-state index contributed by atoms with van der Waals surface area (Å²) >= 11 is 0. The van der Waals surface area contributed by atoms with Crippen molar-refractivity contribution in [2.75, 3.05) is 13.1 Å². The Labute approximate surface area is 135 Å². The van der Waals surface area contributed by atoms with E-state index < -0.39 is 0 Å². The smallest absolute Gasteiger partial charge is 0.254 e. The minimum absolute atomic E-state index is 0.0478. The number of rotatable bonds is 4. The van der Waals surface area contributed by atoms with Gasteiger partial charge in [-0.15, -0.1) is 0 Å². The molecule has 6 heteroatoms. The first-order chi connectivity index (χ1) is 11.0. The molecule has 124 valence electrons. The van der Waals surface area contributed by atoms with Crippen LogP contribution >= 0.6 is 0 Å². The predicted molar refractivity (Wildman–Crippen MR) is 86.3 cm³/mol. The van der Waals surface area contributed by atoms with Crippen LogP contribution in [-0.4, -0.2) is 51.8 Å². The van der Waals surface area contributed by atoms with E-state index in [1.54, 1.807) is 19.9 Å². The van der Waals surface area contributed by atoms with Crippen molar-refractivity contribution in [1.82, 2.24) is 14.8 Å². The molecule has 2 heterocycles. The van der Waals surface area contributed by atoms with E-state index in [4.69, 9.17) is 0 Å². The number of aromatic nitrogens is 1. The number of aryl methyl sites for hydroxylation is 1. The summed E-state index contributed by atoms with van der Waals surface area (Å²) in [4.78, 5) is 42.6. The van der Waals surface area contributed by atoms with Gasteiger partial charge < -0.3 is 14.8 Å². The molecule has 2 aliphatic rings. The van der Waals surface area contributed by atoms with Gasteiger partial charge in [-0.25, -0.2) is 0 Å². The van der Waals surface area contributed by atoms with Crippen LogP contribution in [0.2, 0.25) is 0 Å². The van der Waals surface area contributed by atoms with Crippen molar-refractivity contribution in [2.45, 2.75) is 51.6 Å². The summed E-state index contributed by atoms with van der Waals surface area (Å²) in [5.74, 6) is -0.0280. The highest BCUT2D eigenvalue weighted by Gasteiger charge is 2.36. The van der Waals surface area contributed by atoms with Crippen LogP contribution in [0.25, 0.3) is 0 Å². The van der Waals surface area contributed by atoms with Gasteiger partial charge in [0.15, 0.2) is 0 Å². The quantitative estimate of drug-likeness (QED) is 0.909. The van der Waals surface area contributed by atoms with Gasteiger partial charge in [0.05, 0.1) is 0 Å². The summed E-state index contributed by atoms with van der Waals surface area (Å²) in [7, 11) is 0. The molecule has 0 bridgehead atoms. The fourth-order valence-corrected chi connectivity index (χ4v) is 3.41. The molecule has 6 nitrogen and oxygen atoms in total. The molecular weight excluding hydrogens is 294 g/mol. The molecule has 1 aromatic rings. The summed E-state index contributed by atoms with van der Waals surface area (Å²) in [5.41, 5.74) is 0.853. The molecule has 3 rings (SSSR count). The van der Waals surface area contributed by atoms with Crippen molar-refractivity contribution in [1.29, 1.82) is 0 Å². The fraction of sp³-hybridized carbons (Fsp3) is 0.588. The SMILES string of the molecule is CC(=O)N(CC1CCCN1C(=O)c1cc(C)[nH]c(=O)c1)C1CC1. The van der Waals surface area contributed by atoms with Gasteiger partial charge in [-0.3, -0.25) is 14.4 Å². The van der Waals surface area contributed by atoms with E-state index in [0.29, 0.717) is 30.4 Å². The van der Waals surface area contributed by atoms with Crippen molar-refractivity contribution in [3.05, 3.63) is 33.7 Å². The first-order valence-electron chi connectivity index (χ1n) is 8.25. The maximum atomic E-state index is 12.8. The third-order valence-corrected chi connectivity index (χ3v) is 4.66. The zero-order valence-electron chi connectivity index (χ0n) is 13.7. The minimum Gasteiger partial charge on any atom is -0.338 e. The van der Waals surface area contributed by atoms with Crippen molar-refractivity contribution in [3.8, 4) is 0 Å². The monoisotopic (exact) mass is 317 g/mol. The molecule has 0 radical (unpaired) electrons. The number of H-pyrrole nitrogens is 1. The van der Waals surface area contributed by atoms with Gasteiger partial charge in [0.2, 0.25) is 11.5 Å². The summed E-state index contributed by atoms with van der Waals surface area (Å²) in [6.45, 7) is 4.66. The molecule has 1 saturated carbocycles. The average molecular weight is 317 g/mol. The molecule has 1 aliphatic carbocycles. The lowest BCUT2D eigenvalue weighted by atomic mass is 10.1. The van der Waals surface area contributed by atoms with Gasteiger partial charge in [0.25, 0.3) is 5.91 Å². The van der Waals surface area contributed by atoms with Crippen LogP contribution in [0.15, 0.2) is 16.9 Å². The molecule has 0 aromatic carbocycles. The van der Waals surface area contributed by atoms with Gasteiger partial charge in [-0.05, 0) is 38.7 Å². The number of carbonyl (C=O) groups is 2. The normalized spacial score (nSPS) is 20.6. The Bertz CT molecular complexity index is 678. The molecule has 1 saturated heterocycles. The Morgan fingerprint density at radius 3 is 2.65 bits per heavy atom. The summed E-state index contributed by atoms with van der Waals surface area (Å²) in [6.07, 6.45) is 3.97. The number of pyridine rings is 1. The lowest BCUT2D eigenvalue weighted by Crippen LogP contribution is -2.45. The largest absolute Gasteiger partial charge is 0.338 e. The Morgan fingerprint density at radius 1 is 1.30 bits per heavy atom. The third-order valence-electron chi connectivity index (χ3n) is 4.66. The first kappa shape index (κ1) is 15.8. The Hall–Kier alpha value is -2.11. The molecule has 1 aromatic heterocycles. The van der Waals surface area contributed by atoms with E-state index in [0.717, 1.165) is 25.7 Å². The average Bonchev–Trinajstić information content (AvgIpc) is 3.21. The third kappa shape index (κ3) is 3.46. The maximum Gasteiger partial charge on any atom is 0.254 e. The van der Waals surface area contributed by atoms with Crippen molar-refractivity contribution < 1.29 is 9.59 Å².